The highest BCUT2D eigenvalue weighted by molar-refractivity contribution is 6.07. The lowest BCUT2D eigenvalue weighted by molar-refractivity contribution is 0.102. The quantitative estimate of drug-likeness (QED) is 0.685. The Kier molecular flexibility index (Phi) is 5.82. The molecule has 0 aliphatic rings. The Bertz CT molecular complexity index is 1030. The van der Waals surface area contributed by atoms with Gasteiger partial charge in [0.15, 0.2) is 0 Å². The summed E-state index contributed by atoms with van der Waals surface area (Å²) in [5.41, 5.74) is 1.01. The van der Waals surface area contributed by atoms with Crippen molar-refractivity contribution in [2.75, 3.05) is 29.6 Å². The average molecular weight is 396 g/mol. The molecule has 148 valence electrons. The lowest BCUT2D eigenvalue weighted by Crippen LogP contribution is -2.18. The van der Waals surface area contributed by atoms with Crippen LogP contribution in [0.2, 0.25) is 0 Å². The van der Waals surface area contributed by atoms with Crippen LogP contribution >= 0.6 is 0 Å². The molecule has 6 nitrogen and oxygen atoms in total. The molecule has 0 saturated heterocycles. The largest absolute Gasteiger partial charge is 0.378 e. The van der Waals surface area contributed by atoms with E-state index in [1.165, 1.54) is 24.4 Å². The van der Waals surface area contributed by atoms with E-state index in [-0.39, 0.29) is 11.3 Å². The molecule has 2 aromatic carbocycles. The van der Waals surface area contributed by atoms with E-state index in [4.69, 9.17) is 0 Å². The van der Waals surface area contributed by atoms with Gasteiger partial charge in [0, 0.05) is 37.2 Å². The number of para-hydroxylation sites is 1. The van der Waals surface area contributed by atoms with Gasteiger partial charge in [-0.05, 0) is 48.5 Å². The second-order valence-electron chi connectivity index (χ2n) is 6.38. The van der Waals surface area contributed by atoms with Crippen LogP contribution in [0.4, 0.5) is 25.8 Å². The zero-order valence-corrected chi connectivity index (χ0v) is 15.7. The number of anilines is 3. The number of carbonyl (C=O) groups is 2. The molecular formula is C21H18F2N4O2. The maximum Gasteiger partial charge on any atom is 0.274 e. The zero-order chi connectivity index (χ0) is 21.0. The molecule has 0 aliphatic heterocycles. The van der Waals surface area contributed by atoms with Crippen LogP contribution in [-0.2, 0) is 0 Å². The molecule has 0 radical (unpaired) electrons. The highest BCUT2D eigenvalue weighted by atomic mass is 19.1. The zero-order valence-electron chi connectivity index (χ0n) is 15.7. The first-order chi connectivity index (χ1) is 13.8. The number of hydrogen-bond donors (Lipinski definition) is 2. The van der Waals surface area contributed by atoms with E-state index >= 15 is 0 Å². The van der Waals surface area contributed by atoms with Gasteiger partial charge in [-0.1, -0.05) is 6.07 Å². The number of nitrogens with zero attached hydrogens (tertiary/aromatic N) is 2. The van der Waals surface area contributed by atoms with Crippen LogP contribution in [0.3, 0.4) is 0 Å². The third-order valence-corrected chi connectivity index (χ3v) is 4.10. The van der Waals surface area contributed by atoms with Gasteiger partial charge in [0.25, 0.3) is 11.8 Å². The second kappa shape index (κ2) is 8.47. The number of hydrogen-bond acceptors (Lipinski definition) is 4. The molecule has 0 fully saturated rings. The summed E-state index contributed by atoms with van der Waals surface area (Å²) in [6.45, 7) is 0. The molecule has 0 bridgehead atoms. The van der Waals surface area contributed by atoms with Crippen LogP contribution < -0.4 is 15.5 Å². The van der Waals surface area contributed by atoms with Gasteiger partial charge < -0.3 is 15.5 Å². The molecule has 0 atom stereocenters. The number of nitrogens with one attached hydrogen (secondary N) is 2. The van der Waals surface area contributed by atoms with Crippen LogP contribution in [0.25, 0.3) is 0 Å². The van der Waals surface area contributed by atoms with E-state index < -0.39 is 29.1 Å². The molecular weight excluding hydrogens is 378 g/mol. The van der Waals surface area contributed by atoms with Crippen molar-refractivity contribution >= 4 is 28.9 Å². The molecule has 29 heavy (non-hydrogen) atoms. The first-order valence-corrected chi connectivity index (χ1v) is 8.65. The smallest absolute Gasteiger partial charge is 0.274 e. The number of carbonyl (C=O) groups excluding carboxylic acids is 2. The van der Waals surface area contributed by atoms with Crippen LogP contribution in [0.15, 0.2) is 60.8 Å². The summed E-state index contributed by atoms with van der Waals surface area (Å²) in [5, 5.41) is 4.86. The van der Waals surface area contributed by atoms with Gasteiger partial charge in [0.2, 0.25) is 0 Å². The minimum Gasteiger partial charge on any atom is -0.378 e. The Labute approximate surface area is 166 Å². The fraction of sp³-hybridized carbons (Fsp3) is 0.0952. The minimum absolute atomic E-state index is 0.150. The van der Waals surface area contributed by atoms with E-state index in [0.717, 1.165) is 17.8 Å². The van der Waals surface area contributed by atoms with Gasteiger partial charge in [0.05, 0.1) is 0 Å². The van der Waals surface area contributed by atoms with Crippen molar-refractivity contribution in [3.63, 3.8) is 0 Å². The monoisotopic (exact) mass is 396 g/mol. The normalized spacial score (nSPS) is 10.3. The van der Waals surface area contributed by atoms with Crippen molar-refractivity contribution in [1.29, 1.82) is 0 Å². The van der Waals surface area contributed by atoms with Gasteiger partial charge in [-0.2, -0.15) is 0 Å². The highest BCUT2D eigenvalue weighted by Crippen LogP contribution is 2.19. The standard InChI is InChI=1S/C21H18F2N4O2/c1-27(2)15-8-6-14(7-9-15)25-20(28)13-10-11-24-18(12-13)21(29)26-19-16(22)4-3-5-17(19)23/h3-12H,1-2H3,(H,25,28)(H,26,29). The summed E-state index contributed by atoms with van der Waals surface area (Å²) in [7, 11) is 3.81. The Balaban J connectivity index is 1.74. The predicted molar refractivity (Wildman–Crippen MR) is 107 cm³/mol. The number of halogens is 2. The summed E-state index contributed by atoms with van der Waals surface area (Å²) < 4.78 is 27.4. The van der Waals surface area contributed by atoms with E-state index in [0.29, 0.717) is 5.69 Å². The van der Waals surface area contributed by atoms with Crippen molar-refractivity contribution < 1.29 is 18.4 Å². The van der Waals surface area contributed by atoms with Crippen molar-refractivity contribution in [1.82, 2.24) is 4.98 Å². The third-order valence-electron chi connectivity index (χ3n) is 4.10. The van der Waals surface area contributed by atoms with Gasteiger partial charge >= 0.3 is 0 Å². The first kappa shape index (κ1) is 19.9. The van der Waals surface area contributed by atoms with Crippen molar-refractivity contribution in [2.45, 2.75) is 0 Å². The van der Waals surface area contributed by atoms with Crippen LogP contribution in [0.5, 0.6) is 0 Å². The minimum atomic E-state index is -0.909. The lowest BCUT2D eigenvalue weighted by atomic mass is 10.2. The summed E-state index contributed by atoms with van der Waals surface area (Å²) in [5.74, 6) is -3.10. The van der Waals surface area contributed by atoms with Gasteiger partial charge in [-0.3, -0.25) is 14.6 Å². The summed E-state index contributed by atoms with van der Waals surface area (Å²) in [6, 6.07) is 13.1. The second-order valence-corrected chi connectivity index (χ2v) is 6.38. The molecule has 0 saturated carbocycles. The van der Waals surface area contributed by atoms with Crippen molar-refractivity contribution in [3.05, 3.63) is 83.7 Å². The van der Waals surface area contributed by atoms with Crippen LogP contribution in [-0.4, -0.2) is 30.9 Å². The van der Waals surface area contributed by atoms with Gasteiger partial charge in [-0.15, -0.1) is 0 Å². The molecule has 3 aromatic rings. The van der Waals surface area contributed by atoms with Crippen molar-refractivity contribution in [3.8, 4) is 0 Å². The highest BCUT2D eigenvalue weighted by Gasteiger charge is 2.16. The van der Waals surface area contributed by atoms with Gasteiger partial charge in [0.1, 0.15) is 23.0 Å². The Morgan fingerprint density at radius 1 is 0.897 bits per heavy atom. The number of pyridine rings is 1. The van der Waals surface area contributed by atoms with Crippen LogP contribution in [0, 0.1) is 11.6 Å². The Morgan fingerprint density at radius 2 is 1.55 bits per heavy atom. The molecule has 0 aliphatic carbocycles. The molecule has 0 spiro atoms. The molecule has 1 heterocycles. The fourth-order valence-corrected chi connectivity index (χ4v) is 2.54. The first-order valence-electron chi connectivity index (χ1n) is 8.65. The Hall–Kier alpha value is -3.81. The molecule has 0 unspecified atom stereocenters. The summed E-state index contributed by atoms with van der Waals surface area (Å²) in [6.07, 6.45) is 1.27. The number of aromatic nitrogens is 1. The van der Waals surface area contributed by atoms with E-state index in [1.807, 2.05) is 31.1 Å². The van der Waals surface area contributed by atoms with E-state index in [9.17, 15) is 18.4 Å². The van der Waals surface area contributed by atoms with Crippen LogP contribution in [0.1, 0.15) is 20.8 Å². The Morgan fingerprint density at radius 3 is 2.17 bits per heavy atom. The molecule has 1 aromatic heterocycles. The number of benzene rings is 2. The maximum absolute atomic E-state index is 13.7. The molecule has 2 amide bonds. The van der Waals surface area contributed by atoms with E-state index in [1.54, 1.807) is 12.1 Å². The lowest BCUT2D eigenvalue weighted by Gasteiger charge is -2.13. The van der Waals surface area contributed by atoms with E-state index in [2.05, 4.69) is 15.6 Å². The molecule has 2 N–H and O–H groups in total. The maximum atomic E-state index is 13.7. The summed E-state index contributed by atoms with van der Waals surface area (Å²) >= 11 is 0. The average Bonchev–Trinajstić information content (AvgIpc) is 2.71. The predicted octanol–water partition coefficient (Wildman–Crippen LogP) is 3.93. The van der Waals surface area contributed by atoms with Gasteiger partial charge in [-0.25, -0.2) is 8.78 Å². The SMILES string of the molecule is CN(C)c1ccc(NC(=O)c2ccnc(C(=O)Nc3c(F)cccc3F)c2)cc1. The number of amides is 2. The molecule has 8 heteroatoms. The topological polar surface area (TPSA) is 74.3 Å². The molecule has 3 rings (SSSR count). The third kappa shape index (κ3) is 4.73. The number of rotatable bonds is 5. The summed E-state index contributed by atoms with van der Waals surface area (Å²) in [4.78, 5) is 30.6. The van der Waals surface area contributed by atoms with Crippen molar-refractivity contribution in [2.24, 2.45) is 0 Å². The fourth-order valence-electron chi connectivity index (χ4n) is 2.54.